The van der Waals surface area contributed by atoms with Gasteiger partial charge in [-0.05, 0) is 57.8 Å². The van der Waals surface area contributed by atoms with E-state index in [1.807, 2.05) is 6.08 Å². The highest BCUT2D eigenvalue weighted by Gasteiger charge is 2.53. The van der Waals surface area contributed by atoms with Gasteiger partial charge in [0.05, 0.1) is 38.6 Å². The maximum Gasteiger partial charge on any atom is 0.220 e. The second-order valence-electron chi connectivity index (χ2n) is 28.2. The standard InChI is InChI=1S/C78H143NO18/c1-3-5-7-9-11-13-15-17-19-21-23-25-27-29-30-32-34-36-38-40-42-44-46-48-50-52-54-56-66(84)79-61(62(83)55-53-51-49-47-45-43-41-39-37-35-33-31-28-26-24-22-20-18-16-14-12-10-8-6-4-2)60-92-76-72(90)69(87)74(64(58-81)94-76)97-78-73(91)70(88)75(65(59-82)95-78)96-77-71(89)68(86)67(85)63(57-80)93-77/h15,17,21,23,27,29,53,55,61-65,67-78,80-83,85-91H,3-14,16,18-20,22,24-26,28,30-52,54,56-60H2,1-2H3,(H,79,84)/b17-15-,23-21-,29-27-,55-53+. The molecule has 3 aliphatic rings. The first-order valence-electron chi connectivity index (χ1n) is 39.4. The third-order valence-corrected chi connectivity index (χ3v) is 19.6. The van der Waals surface area contributed by atoms with E-state index in [0.717, 1.165) is 64.2 Å². The molecular formula is C78H143NO18. The number of carbonyl (C=O) groups excluding carboxylic acids is 1. The average molecular weight is 1380 g/mol. The molecular weight excluding hydrogens is 1240 g/mol. The van der Waals surface area contributed by atoms with Crippen molar-refractivity contribution in [3.8, 4) is 0 Å². The van der Waals surface area contributed by atoms with Crippen LogP contribution in [-0.4, -0.2) is 193 Å². The van der Waals surface area contributed by atoms with Gasteiger partial charge in [-0.15, -0.1) is 0 Å². The van der Waals surface area contributed by atoms with Crippen LogP contribution in [0.25, 0.3) is 0 Å². The molecule has 0 aliphatic carbocycles. The number of allylic oxidation sites excluding steroid dienone is 7. The summed E-state index contributed by atoms with van der Waals surface area (Å²) in [5, 5.41) is 121. The van der Waals surface area contributed by atoms with Crippen molar-refractivity contribution in [2.45, 2.75) is 413 Å². The summed E-state index contributed by atoms with van der Waals surface area (Å²) in [6.45, 7) is 1.76. The predicted molar refractivity (Wildman–Crippen MR) is 383 cm³/mol. The number of nitrogens with one attached hydrogen (secondary N) is 1. The van der Waals surface area contributed by atoms with Gasteiger partial charge in [0.15, 0.2) is 18.9 Å². The van der Waals surface area contributed by atoms with Crippen LogP contribution in [0.5, 0.6) is 0 Å². The monoisotopic (exact) mass is 1380 g/mol. The highest BCUT2D eigenvalue weighted by atomic mass is 16.8. The Kier molecular flexibility index (Phi) is 54.3. The zero-order valence-corrected chi connectivity index (χ0v) is 60.6. The summed E-state index contributed by atoms with van der Waals surface area (Å²) in [6, 6.07) is -0.977. The number of aliphatic hydroxyl groups excluding tert-OH is 11. The third-order valence-electron chi connectivity index (χ3n) is 19.6. The molecule has 3 saturated heterocycles. The predicted octanol–water partition coefficient (Wildman–Crippen LogP) is 12.5. The average Bonchev–Trinajstić information content (AvgIpc) is 0.790. The van der Waals surface area contributed by atoms with E-state index >= 15 is 0 Å². The van der Waals surface area contributed by atoms with Crippen LogP contribution in [0.15, 0.2) is 48.6 Å². The van der Waals surface area contributed by atoms with Gasteiger partial charge >= 0.3 is 0 Å². The minimum absolute atomic E-state index is 0.241. The fourth-order valence-corrected chi connectivity index (χ4v) is 13.3. The van der Waals surface area contributed by atoms with Crippen LogP contribution in [0.2, 0.25) is 0 Å². The molecule has 0 aromatic rings. The van der Waals surface area contributed by atoms with Gasteiger partial charge in [-0.1, -0.05) is 294 Å². The summed E-state index contributed by atoms with van der Waals surface area (Å²) in [5.41, 5.74) is 0. The van der Waals surface area contributed by atoms with E-state index in [4.69, 9.17) is 28.4 Å². The van der Waals surface area contributed by atoms with E-state index in [9.17, 15) is 61.0 Å². The summed E-state index contributed by atoms with van der Waals surface area (Å²) in [6.07, 6.45) is 46.5. The van der Waals surface area contributed by atoms with Crippen LogP contribution in [-0.2, 0) is 33.2 Å². The van der Waals surface area contributed by atoms with Crippen molar-refractivity contribution in [1.29, 1.82) is 0 Å². The van der Waals surface area contributed by atoms with Crippen molar-refractivity contribution in [3.63, 3.8) is 0 Å². The number of aliphatic hydroxyl groups is 11. The third kappa shape index (κ3) is 39.8. The van der Waals surface area contributed by atoms with Crippen molar-refractivity contribution >= 4 is 5.91 Å². The van der Waals surface area contributed by atoms with Crippen LogP contribution in [0.3, 0.4) is 0 Å². The van der Waals surface area contributed by atoms with E-state index < -0.39 is 124 Å². The zero-order chi connectivity index (χ0) is 70.4. The van der Waals surface area contributed by atoms with Gasteiger partial charge in [0.25, 0.3) is 0 Å². The Hall–Kier alpha value is -2.25. The maximum absolute atomic E-state index is 13.5. The van der Waals surface area contributed by atoms with E-state index in [2.05, 4.69) is 55.6 Å². The summed E-state index contributed by atoms with van der Waals surface area (Å²) in [7, 11) is 0. The Labute approximate surface area is 586 Å². The minimum atomic E-state index is -1.98. The van der Waals surface area contributed by atoms with Gasteiger partial charge in [-0.2, -0.15) is 0 Å². The lowest BCUT2D eigenvalue weighted by molar-refractivity contribution is -0.379. The Morgan fingerprint density at radius 2 is 0.680 bits per heavy atom. The SMILES string of the molecule is CCCCCCC/C=C\C/C=C\C/C=C\CCCCCCCCCCCCCCC(=O)NC(COC1OC(CO)C(OC2OC(CO)C(OC3OC(CO)C(O)C(O)C3O)C(O)C2O)C(O)C1O)C(O)/C=C/CCCCCCCCCCCCCCCCCCCCCCCCC. The molecule has 19 heteroatoms. The molecule has 1 amide bonds. The molecule has 3 fully saturated rings. The van der Waals surface area contributed by atoms with Gasteiger partial charge in [0.2, 0.25) is 5.91 Å². The van der Waals surface area contributed by atoms with Gasteiger partial charge < -0.3 is 89.9 Å². The molecule has 17 unspecified atom stereocenters. The number of amides is 1. The van der Waals surface area contributed by atoms with E-state index in [1.165, 1.54) is 218 Å². The minimum Gasteiger partial charge on any atom is -0.394 e. The molecule has 0 spiro atoms. The van der Waals surface area contributed by atoms with Crippen molar-refractivity contribution in [2.75, 3.05) is 26.4 Å². The van der Waals surface area contributed by atoms with Gasteiger partial charge in [0.1, 0.15) is 73.2 Å². The van der Waals surface area contributed by atoms with Gasteiger partial charge in [-0.3, -0.25) is 4.79 Å². The van der Waals surface area contributed by atoms with Crippen LogP contribution >= 0.6 is 0 Å². The molecule has 3 aliphatic heterocycles. The van der Waals surface area contributed by atoms with E-state index in [1.54, 1.807) is 6.08 Å². The zero-order valence-electron chi connectivity index (χ0n) is 60.6. The van der Waals surface area contributed by atoms with E-state index in [-0.39, 0.29) is 18.9 Å². The Bertz CT molecular complexity index is 1940. The smallest absolute Gasteiger partial charge is 0.220 e. The molecule has 12 N–H and O–H groups in total. The summed E-state index contributed by atoms with van der Waals surface area (Å²) < 4.78 is 34.4. The lowest BCUT2D eigenvalue weighted by Crippen LogP contribution is -2.66. The Morgan fingerprint density at radius 3 is 1.06 bits per heavy atom. The fraction of sp³-hybridized carbons (Fsp3) is 0.885. The van der Waals surface area contributed by atoms with Gasteiger partial charge in [0, 0.05) is 6.42 Å². The number of rotatable bonds is 62. The van der Waals surface area contributed by atoms with Crippen LogP contribution < -0.4 is 5.32 Å². The summed E-state index contributed by atoms with van der Waals surface area (Å²) in [4.78, 5) is 13.5. The molecule has 0 saturated carbocycles. The summed E-state index contributed by atoms with van der Waals surface area (Å²) in [5.74, 6) is -0.274. The van der Waals surface area contributed by atoms with Crippen LogP contribution in [0.4, 0.5) is 0 Å². The lowest BCUT2D eigenvalue weighted by Gasteiger charge is -2.48. The van der Waals surface area contributed by atoms with Crippen molar-refractivity contribution in [1.82, 2.24) is 5.32 Å². The normalized spacial score (nSPS) is 27.1. The second kappa shape index (κ2) is 59.2. The molecule has 0 aromatic carbocycles. The number of ether oxygens (including phenoxy) is 6. The molecule has 3 rings (SSSR count). The molecule has 19 nitrogen and oxygen atoms in total. The number of unbranched alkanes of at least 4 members (excludes halogenated alkanes) is 40. The Morgan fingerprint density at radius 1 is 0.371 bits per heavy atom. The molecule has 3 heterocycles. The van der Waals surface area contributed by atoms with Crippen molar-refractivity contribution in [2.24, 2.45) is 0 Å². The number of hydrogen-bond donors (Lipinski definition) is 12. The van der Waals surface area contributed by atoms with Crippen LogP contribution in [0.1, 0.15) is 309 Å². The topological polar surface area (TPSA) is 307 Å². The number of hydrogen-bond acceptors (Lipinski definition) is 18. The maximum atomic E-state index is 13.5. The second-order valence-corrected chi connectivity index (χ2v) is 28.2. The number of carbonyl (C=O) groups is 1. The van der Waals surface area contributed by atoms with Gasteiger partial charge in [-0.25, -0.2) is 0 Å². The summed E-state index contributed by atoms with van der Waals surface area (Å²) >= 11 is 0. The van der Waals surface area contributed by atoms with Crippen molar-refractivity contribution < 1.29 is 89.4 Å². The Balaban J connectivity index is 1.40. The molecule has 0 bridgehead atoms. The molecule has 97 heavy (non-hydrogen) atoms. The lowest BCUT2D eigenvalue weighted by atomic mass is 9.96. The first kappa shape index (κ1) is 89.0. The molecule has 0 radical (unpaired) electrons. The first-order valence-corrected chi connectivity index (χ1v) is 39.4. The molecule has 0 aromatic heterocycles. The van der Waals surface area contributed by atoms with Crippen molar-refractivity contribution in [3.05, 3.63) is 48.6 Å². The van der Waals surface area contributed by atoms with E-state index in [0.29, 0.717) is 6.42 Å². The fourth-order valence-electron chi connectivity index (χ4n) is 13.3. The highest BCUT2D eigenvalue weighted by molar-refractivity contribution is 5.76. The first-order chi connectivity index (χ1) is 47.3. The quantitative estimate of drug-likeness (QED) is 0.0199. The molecule has 568 valence electrons. The van der Waals surface area contributed by atoms with Crippen LogP contribution in [0, 0.1) is 0 Å². The molecule has 17 atom stereocenters. The highest BCUT2D eigenvalue weighted by Crippen LogP contribution is 2.33. The largest absolute Gasteiger partial charge is 0.394 e.